The van der Waals surface area contributed by atoms with E-state index in [2.05, 4.69) is 26.2 Å². The quantitative estimate of drug-likeness (QED) is 0.659. The van der Waals surface area contributed by atoms with Crippen molar-refractivity contribution < 1.29 is 9.53 Å². The van der Waals surface area contributed by atoms with Crippen molar-refractivity contribution in [3.8, 4) is 0 Å². The molecule has 0 spiro atoms. The predicted molar refractivity (Wildman–Crippen MR) is 82.5 cm³/mol. The number of hydrogen-bond acceptors (Lipinski definition) is 4. The van der Waals surface area contributed by atoms with Gasteiger partial charge in [-0.1, -0.05) is 6.07 Å². The lowest BCUT2D eigenvalue weighted by molar-refractivity contribution is 0.0300. The summed E-state index contributed by atoms with van der Waals surface area (Å²) < 4.78 is 6.09. The maximum Gasteiger partial charge on any atom is 0.410 e. The highest BCUT2D eigenvalue weighted by molar-refractivity contribution is 9.10. The van der Waals surface area contributed by atoms with Gasteiger partial charge in [-0.3, -0.25) is 0 Å². The second-order valence-electron chi connectivity index (χ2n) is 5.53. The minimum Gasteiger partial charge on any atom is -0.444 e. The molecular weight excluding hydrogens is 322 g/mol. The van der Waals surface area contributed by atoms with Crippen LogP contribution in [0, 0.1) is 0 Å². The van der Waals surface area contributed by atoms with Crippen molar-refractivity contribution in [2.45, 2.75) is 32.9 Å². The molecule has 1 amide bonds. The summed E-state index contributed by atoms with van der Waals surface area (Å²) in [7, 11) is 1.73. The minimum atomic E-state index is -0.459. The van der Waals surface area contributed by atoms with Gasteiger partial charge in [0.1, 0.15) is 10.2 Å². The standard InChI is InChI=1S/C14H22BrN3O2/c1-14(2,3)20-13(19)18(4)9-8-16-10-11-6-5-7-12(15)17-11/h5-7,16H,8-10H2,1-4H3. The first-order valence-electron chi connectivity index (χ1n) is 6.54. The maximum atomic E-state index is 11.7. The van der Waals surface area contributed by atoms with E-state index in [-0.39, 0.29) is 6.09 Å². The maximum absolute atomic E-state index is 11.7. The number of carbonyl (C=O) groups is 1. The van der Waals surface area contributed by atoms with E-state index in [1.807, 2.05) is 39.0 Å². The molecule has 1 N–H and O–H groups in total. The van der Waals surface area contributed by atoms with Crippen molar-refractivity contribution in [1.82, 2.24) is 15.2 Å². The highest BCUT2D eigenvalue weighted by atomic mass is 79.9. The van der Waals surface area contributed by atoms with Gasteiger partial charge >= 0.3 is 6.09 Å². The van der Waals surface area contributed by atoms with E-state index in [4.69, 9.17) is 4.74 Å². The van der Waals surface area contributed by atoms with E-state index in [1.54, 1.807) is 11.9 Å². The number of halogens is 1. The first kappa shape index (κ1) is 16.9. The summed E-state index contributed by atoms with van der Waals surface area (Å²) in [6.45, 7) is 7.51. The zero-order chi connectivity index (χ0) is 15.2. The van der Waals surface area contributed by atoms with Gasteiger partial charge in [-0.2, -0.15) is 0 Å². The van der Waals surface area contributed by atoms with Crippen LogP contribution in [0.5, 0.6) is 0 Å². The largest absolute Gasteiger partial charge is 0.444 e. The number of carbonyl (C=O) groups excluding carboxylic acids is 1. The smallest absolute Gasteiger partial charge is 0.410 e. The normalized spacial score (nSPS) is 11.2. The monoisotopic (exact) mass is 343 g/mol. The Kier molecular flexibility index (Phi) is 6.42. The number of aromatic nitrogens is 1. The third-order valence-electron chi connectivity index (χ3n) is 2.41. The first-order chi connectivity index (χ1) is 9.28. The molecule has 6 heteroatoms. The Morgan fingerprint density at radius 1 is 1.45 bits per heavy atom. The van der Waals surface area contributed by atoms with Gasteiger partial charge in [0.05, 0.1) is 5.69 Å². The van der Waals surface area contributed by atoms with Gasteiger partial charge in [-0.15, -0.1) is 0 Å². The van der Waals surface area contributed by atoms with E-state index in [0.717, 1.165) is 10.3 Å². The molecule has 0 fully saturated rings. The summed E-state index contributed by atoms with van der Waals surface area (Å²) in [5, 5.41) is 3.24. The van der Waals surface area contributed by atoms with Gasteiger partial charge in [0, 0.05) is 26.7 Å². The van der Waals surface area contributed by atoms with Crippen LogP contribution in [0.15, 0.2) is 22.8 Å². The van der Waals surface area contributed by atoms with Crippen LogP contribution in [-0.2, 0) is 11.3 Å². The van der Waals surface area contributed by atoms with E-state index >= 15 is 0 Å². The zero-order valence-corrected chi connectivity index (χ0v) is 14.0. The van der Waals surface area contributed by atoms with Crippen LogP contribution in [0.3, 0.4) is 0 Å². The molecule has 0 radical (unpaired) electrons. The van der Waals surface area contributed by atoms with Crippen molar-refractivity contribution in [3.63, 3.8) is 0 Å². The molecule has 112 valence electrons. The molecule has 0 aromatic carbocycles. The Morgan fingerprint density at radius 2 is 2.15 bits per heavy atom. The molecule has 1 aromatic rings. The number of pyridine rings is 1. The molecule has 0 saturated heterocycles. The second-order valence-corrected chi connectivity index (χ2v) is 6.34. The molecule has 0 aliphatic carbocycles. The number of amides is 1. The lowest BCUT2D eigenvalue weighted by Crippen LogP contribution is -2.37. The van der Waals surface area contributed by atoms with E-state index in [1.165, 1.54) is 0 Å². The van der Waals surface area contributed by atoms with Gasteiger partial charge < -0.3 is 15.0 Å². The van der Waals surface area contributed by atoms with Crippen LogP contribution in [0.25, 0.3) is 0 Å². The number of nitrogens with zero attached hydrogens (tertiary/aromatic N) is 2. The number of ether oxygens (including phenoxy) is 1. The van der Waals surface area contributed by atoms with E-state index < -0.39 is 5.60 Å². The van der Waals surface area contributed by atoms with Crippen LogP contribution in [0.4, 0.5) is 4.79 Å². The molecular formula is C14H22BrN3O2. The highest BCUT2D eigenvalue weighted by Gasteiger charge is 2.18. The lowest BCUT2D eigenvalue weighted by Gasteiger charge is -2.24. The van der Waals surface area contributed by atoms with Crippen molar-refractivity contribution >= 4 is 22.0 Å². The van der Waals surface area contributed by atoms with Crippen molar-refractivity contribution in [2.75, 3.05) is 20.1 Å². The van der Waals surface area contributed by atoms with Crippen molar-refractivity contribution in [2.24, 2.45) is 0 Å². The molecule has 0 bridgehead atoms. The Labute approximate surface area is 128 Å². The van der Waals surface area contributed by atoms with Crippen molar-refractivity contribution in [3.05, 3.63) is 28.5 Å². The fourth-order valence-electron chi connectivity index (χ4n) is 1.44. The third kappa shape index (κ3) is 6.86. The summed E-state index contributed by atoms with van der Waals surface area (Å²) in [5.41, 5.74) is 0.498. The summed E-state index contributed by atoms with van der Waals surface area (Å²) in [6, 6.07) is 5.79. The Balaban J connectivity index is 2.25. The van der Waals surface area contributed by atoms with Crippen molar-refractivity contribution in [1.29, 1.82) is 0 Å². The van der Waals surface area contributed by atoms with Gasteiger partial charge in [0.25, 0.3) is 0 Å². The molecule has 1 heterocycles. The van der Waals surface area contributed by atoms with E-state index in [9.17, 15) is 4.79 Å². The van der Waals surface area contributed by atoms with Gasteiger partial charge in [0.15, 0.2) is 0 Å². The second kappa shape index (κ2) is 7.59. The minimum absolute atomic E-state index is 0.306. The molecule has 0 unspecified atom stereocenters. The highest BCUT2D eigenvalue weighted by Crippen LogP contribution is 2.09. The lowest BCUT2D eigenvalue weighted by atomic mass is 10.2. The number of nitrogens with one attached hydrogen (secondary N) is 1. The molecule has 1 rings (SSSR count). The molecule has 0 aliphatic rings. The number of rotatable bonds is 5. The Bertz CT molecular complexity index is 446. The van der Waals surface area contributed by atoms with Crippen LogP contribution >= 0.6 is 15.9 Å². The summed E-state index contributed by atoms with van der Waals surface area (Å²) in [5.74, 6) is 0. The van der Waals surface area contributed by atoms with Crippen LogP contribution in [0.1, 0.15) is 26.5 Å². The molecule has 0 saturated carbocycles. The number of likely N-dealkylation sites (N-methyl/N-ethyl adjacent to an activating group) is 1. The summed E-state index contributed by atoms with van der Waals surface area (Å²) in [6.07, 6.45) is -0.306. The van der Waals surface area contributed by atoms with Gasteiger partial charge in [0.2, 0.25) is 0 Å². The van der Waals surface area contributed by atoms with E-state index in [0.29, 0.717) is 19.6 Å². The molecule has 0 aliphatic heterocycles. The average Bonchev–Trinajstić information content (AvgIpc) is 2.32. The van der Waals surface area contributed by atoms with Crippen LogP contribution < -0.4 is 5.32 Å². The van der Waals surface area contributed by atoms with Crippen LogP contribution in [0.2, 0.25) is 0 Å². The summed E-state index contributed by atoms with van der Waals surface area (Å²) in [4.78, 5) is 17.6. The van der Waals surface area contributed by atoms with Crippen LogP contribution in [-0.4, -0.2) is 41.7 Å². The number of hydrogen-bond donors (Lipinski definition) is 1. The molecule has 5 nitrogen and oxygen atoms in total. The Morgan fingerprint density at radius 3 is 2.75 bits per heavy atom. The van der Waals surface area contributed by atoms with Gasteiger partial charge in [-0.05, 0) is 48.8 Å². The predicted octanol–water partition coefficient (Wildman–Crippen LogP) is 2.80. The SMILES string of the molecule is CN(CCNCc1cccc(Br)n1)C(=O)OC(C)(C)C. The average molecular weight is 344 g/mol. The fraction of sp³-hybridized carbons (Fsp3) is 0.571. The zero-order valence-electron chi connectivity index (χ0n) is 12.4. The third-order valence-corrected chi connectivity index (χ3v) is 2.85. The van der Waals surface area contributed by atoms with Gasteiger partial charge in [-0.25, -0.2) is 9.78 Å². The molecule has 1 aromatic heterocycles. The summed E-state index contributed by atoms with van der Waals surface area (Å²) >= 11 is 3.33. The topological polar surface area (TPSA) is 54.5 Å². The Hall–Kier alpha value is -1.14. The first-order valence-corrected chi connectivity index (χ1v) is 7.33. The molecule has 20 heavy (non-hydrogen) atoms. The molecule has 0 atom stereocenters. The fourth-order valence-corrected chi connectivity index (χ4v) is 1.82.